The Morgan fingerprint density at radius 1 is 1.19 bits per heavy atom. The molecule has 0 bridgehead atoms. The molecule has 1 aromatic heterocycles. The van der Waals surface area contributed by atoms with E-state index in [9.17, 15) is 13.7 Å². The van der Waals surface area contributed by atoms with Gasteiger partial charge in [0.2, 0.25) is 27.5 Å². The summed E-state index contributed by atoms with van der Waals surface area (Å²) in [5.74, 6) is 0.696. The van der Waals surface area contributed by atoms with E-state index in [2.05, 4.69) is 11.1 Å². The fraction of sp³-hybridized carbons (Fsp3) is 0.444. The molecule has 0 radical (unpaired) electrons. The third-order valence-corrected chi connectivity index (χ3v) is 6.13. The number of hydrogen-bond donors (Lipinski definition) is 0. The van der Waals surface area contributed by atoms with Gasteiger partial charge < -0.3 is 14.1 Å². The van der Waals surface area contributed by atoms with Crippen LogP contribution < -0.4 is 4.90 Å². The Hall–Kier alpha value is -2.41. The Bertz CT molecular complexity index is 950. The maximum Gasteiger partial charge on any atom is 0.242 e. The minimum atomic E-state index is -3.51. The second-order valence-corrected chi connectivity index (χ2v) is 8.91. The molecular weight excluding hydrogens is 368 g/mol. The van der Waals surface area contributed by atoms with E-state index in [-0.39, 0.29) is 28.7 Å². The van der Waals surface area contributed by atoms with Crippen molar-refractivity contribution in [3.63, 3.8) is 0 Å². The van der Waals surface area contributed by atoms with Crippen molar-refractivity contribution in [3.05, 3.63) is 30.0 Å². The molecule has 9 heteroatoms. The lowest BCUT2D eigenvalue weighted by Gasteiger charge is -2.34. The van der Waals surface area contributed by atoms with Gasteiger partial charge in [-0.1, -0.05) is 0 Å². The minimum absolute atomic E-state index is 0.0179. The molecule has 1 aromatic carbocycles. The number of sulfonamides is 1. The van der Waals surface area contributed by atoms with Crippen LogP contribution in [0.5, 0.6) is 0 Å². The summed E-state index contributed by atoms with van der Waals surface area (Å²) in [4.78, 5) is 6.42. The molecule has 2 atom stereocenters. The molecule has 0 amide bonds. The van der Waals surface area contributed by atoms with E-state index in [4.69, 9.17) is 9.15 Å². The zero-order chi connectivity index (χ0) is 19.8. The number of oxazole rings is 1. The fourth-order valence-electron chi connectivity index (χ4n) is 3.05. The number of aromatic nitrogens is 1. The summed E-state index contributed by atoms with van der Waals surface area (Å²) >= 11 is 0. The third kappa shape index (κ3) is 3.83. The number of ether oxygens (including phenoxy) is 1. The van der Waals surface area contributed by atoms with Crippen LogP contribution in [-0.4, -0.2) is 57.1 Å². The van der Waals surface area contributed by atoms with Gasteiger partial charge in [0.1, 0.15) is 6.07 Å². The molecule has 27 heavy (non-hydrogen) atoms. The molecule has 144 valence electrons. The number of anilines is 1. The van der Waals surface area contributed by atoms with Crippen molar-refractivity contribution in [2.24, 2.45) is 0 Å². The topological polar surface area (TPSA) is 99.7 Å². The van der Waals surface area contributed by atoms with Crippen molar-refractivity contribution < 1.29 is 17.6 Å². The van der Waals surface area contributed by atoms with Crippen LogP contribution in [0.3, 0.4) is 0 Å². The zero-order valence-corrected chi connectivity index (χ0v) is 16.5. The van der Waals surface area contributed by atoms with Crippen molar-refractivity contribution in [2.45, 2.75) is 31.0 Å². The van der Waals surface area contributed by atoms with Crippen LogP contribution in [0.2, 0.25) is 0 Å². The van der Waals surface area contributed by atoms with E-state index < -0.39 is 10.0 Å². The van der Waals surface area contributed by atoms with E-state index in [0.29, 0.717) is 24.5 Å². The molecule has 1 fully saturated rings. The summed E-state index contributed by atoms with van der Waals surface area (Å²) < 4.78 is 37.1. The van der Waals surface area contributed by atoms with Crippen molar-refractivity contribution in [1.29, 1.82) is 5.26 Å². The van der Waals surface area contributed by atoms with Crippen LogP contribution in [0.1, 0.15) is 19.5 Å². The normalized spacial score (nSPS) is 20.7. The van der Waals surface area contributed by atoms with Crippen LogP contribution in [0, 0.1) is 11.3 Å². The van der Waals surface area contributed by atoms with Crippen molar-refractivity contribution in [1.82, 2.24) is 9.29 Å². The summed E-state index contributed by atoms with van der Waals surface area (Å²) in [5, 5.41) is 9.44. The molecule has 2 aromatic rings. The van der Waals surface area contributed by atoms with E-state index in [1.807, 2.05) is 18.7 Å². The highest BCUT2D eigenvalue weighted by atomic mass is 32.2. The number of benzene rings is 1. The monoisotopic (exact) mass is 390 g/mol. The number of morpholine rings is 1. The highest BCUT2D eigenvalue weighted by molar-refractivity contribution is 7.89. The summed E-state index contributed by atoms with van der Waals surface area (Å²) in [6, 6.07) is 8.32. The Kier molecular flexibility index (Phi) is 5.24. The standard InChI is InChI=1S/C18H22N4O4S/c1-12-10-22(11-13(2)25-12)18-16(9-19)20-17(26-18)14-5-7-15(8-6-14)27(23,24)21(3)4/h5-8,12-13H,10-11H2,1-4H3/t12-,13+. The molecule has 8 nitrogen and oxygen atoms in total. The molecule has 1 saturated heterocycles. The number of nitrogens with zero attached hydrogens (tertiary/aromatic N) is 4. The molecule has 0 unspecified atom stereocenters. The molecule has 1 aliphatic heterocycles. The highest BCUT2D eigenvalue weighted by Gasteiger charge is 2.28. The average Bonchev–Trinajstić information content (AvgIpc) is 3.05. The van der Waals surface area contributed by atoms with Crippen LogP contribution in [0.25, 0.3) is 11.5 Å². The SMILES string of the molecule is C[C@@H]1CN(c2oc(-c3ccc(S(=O)(=O)N(C)C)cc3)nc2C#N)C[C@H](C)O1. The van der Waals surface area contributed by atoms with Gasteiger partial charge in [0.05, 0.1) is 17.1 Å². The molecule has 0 N–H and O–H groups in total. The summed E-state index contributed by atoms with van der Waals surface area (Å²) in [6.07, 6.45) is 0.0359. The zero-order valence-electron chi connectivity index (χ0n) is 15.7. The predicted octanol–water partition coefficient (Wildman–Crippen LogP) is 2.08. The summed E-state index contributed by atoms with van der Waals surface area (Å²) in [6.45, 7) is 5.15. The summed E-state index contributed by atoms with van der Waals surface area (Å²) in [7, 11) is -0.546. The van der Waals surface area contributed by atoms with Crippen molar-refractivity contribution in [2.75, 3.05) is 32.1 Å². The Labute approximate surface area is 159 Å². The quantitative estimate of drug-likeness (QED) is 0.788. The first-order chi connectivity index (χ1) is 12.7. The predicted molar refractivity (Wildman–Crippen MR) is 99.7 cm³/mol. The second-order valence-electron chi connectivity index (χ2n) is 6.76. The fourth-order valence-corrected chi connectivity index (χ4v) is 3.95. The average molecular weight is 390 g/mol. The Balaban J connectivity index is 1.93. The largest absolute Gasteiger partial charge is 0.419 e. The maximum absolute atomic E-state index is 12.2. The number of nitriles is 1. The number of rotatable bonds is 4. The van der Waals surface area contributed by atoms with E-state index >= 15 is 0 Å². The van der Waals surface area contributed by atoms with Crippen LogP contribution in [0.4, 0.5) is 5.88 Å². The first kappa shape index (κ1) is 19.4. The molecule has 1 aliphatic rings. The van der Waals surface area contributed by atoms with Gasteiger partial charge >= 0.3 is 0 Å². The highest BCUT2D eigenvalue weighted by Crippen LogP contribution is 2.30. The van der Waals surface area contributed by atoms with Gasteiger partial charge in [0.15, 0.2) is 0 Å². The van der Waals surface area contributed by atoms with Crippen molar-refractivity contribution in [3.8, 4) is 17.5 Å². The Morgan fingerprint density at radius 2 is 1.78 bits per heavy atom. The van der Waals surface area contributed by atoms with Gasteiger partial charge in [0.25, 0.3) is 0 Å². The molecule has 3 rings (SSSR count). The van der Waals surface area contributed by atoms with Gasteiger partial charge in [-0.2, -0.15) is 10.2 Å². The van der Waals surface area contributed by atoms with E-state index in [0.717, 1.165) is 4.31 Å². The van der Waals surface area contributed by atoms with E-state index in [1.54, 1.807) is 12.1 Å². The van der Waals surface area contributed by atoms with Crippen LogP contribution in [-0.2, 0) is 14.8 Å². The molecular formula is C18H22N4O4S. The first-order valence-electron chi connectivity index (χ1n) is 8.56. The molecule has 2 heterocycles. The molecule has 0 saturated carbocycles. The van der Waals surface area contributed by atoms with Gasteiger partial charge in [-0.3, -0.25) is 0 Å². The minimum Gasteiger partial charge on any atom is -0.419 e. The van der Waals surface area contributed by atoms with Gasteiger partial charge in [-0.25, -0.2) is 12.7 Å². The third-order valence-electron chi connectivity index (χ3n) is 4.30. The molecule has 0 aliphatic carbocycles. The lowest BCUT2D eigenvalue weighted by molar-refractivity contribution is -0.00638. The lowest BCUT2D eigenvalue weighted by Crippen LogP contribution is -2.45. The van der Waals surface area contributed by atoms with Gasteiger partial charge in [0, 0.05) is 32.7 Å². The second kappa shape index (κ2) is 7.31. The van der Waals surface area contributed by atoms with E-state index in [1.165, 1.54) is 26.2 Å². The van der Waals surface area contributed by atoms with Gasteiger partial charge in [-0.15, -0.1) is 0 Å². The Morgan fingerprint density at radius 3 is 2.30 bits per heavy atom. The maximum atomic E-state index is 12.2. The van der Waals surface area contributed by atoms with Crippen LogP contribution >= 0.6 is 0 Å². The lowest BCUT2D eigenvalue weighted by atomic mass is 10.2. The van der Waals surface area contributed by atoms with Crippen molar-refractivity contribution >= 4 is 15.9 Å². The summed E-state index contributed by atoms with van der Waals surface area (Å²) in [5.41, 5.74) is 0.807. The first-order valence-corrected chi connectivity index (χ1v) is 10.0. The smallest absolute Gasteiger partial charge is 0.242 e. The van der Waals surface area contributed by atoms with Crippen LogP contribution in [0.15, 0.2) is 33.6 Å². The van der Waals surface area contributed by atoms with Gasteiger partial charge in [-0.05, 0) is 38.1 Å². The number of hydrogen-bond acceptors (Lipinski definition) is 7. The molecule has 0 spiro atoms.